The van der Waals surface area contributed by atoms with Crippen molar-refractivity contribution in [2.45, 2.75) is 70.2 Å². The number of amides is 4. The van der Waals surface area contributed by atoms with Crippen molar-refractivity contribution in [3.05, 3.63) is 95.2 Å². The number of imide groups is 1. The second-order valence-electron chi connectivity index (χ2n) is 13.9. The molecule has 1 fully saturated rings. The average molecular weight is 771 g/mol. The molecule has 8 rings (SSSR count). The molecule has 4 amide bonds. The third-order valence-corrected chi connectivity index (χ3v) is 11.9. The molecule has 15 heteroatoms. The Hall–Kier alpha value is -6.24. The molecule has 1 saturated heterocycles. The van der Waals surface area contributed by atoms with Crippen molar-refractivity contribution in [3.8, 4) is 34.4 Å². The fraction of sp³-hybridized carbons (Fsp3) is 0.293. The van der Waals surface area contributed by atoms with Crippen molar-refractivity contribution in [3.63, 3.8) is 0 Å². The molecule has 3 aromatic heterocycles. The summed E-state index contributed by atoms with van der Waals surface area (Å²) in [7, 11) is -3.93. The summed E-state index contributed by atoms with van der Waals surface area (Å²) < 4.78 is 31.0. The Balaban J connectivity index is 0.929. The molecule has 0 saturated carbocycles. The van der Waals surface area contributed by atoms with Crippen LogP contribution in [0.5, 0.6) is 0 Å². The van der Waals surface area contributed by atoms with Crippen LogP contribution in [-0.2, 0) is 50.5 Å². The van der Waals surface area contributed by atoms with E-state index in [4.69, 9.17) is 9.97 Å². The molecule has 5 aromatic rings. The minimum atomic E-state index is -3.93. The van der Waals surface area contributed by atoms with Gasteiger partial charge in [-0.05, 0) is 47.7 Å². The van der Waals surface area contributed by atoms with Gasteiger partial charge in [-0.1, -0.05) is 43.0 Å². The topological polar surface area (TPSA) is 177 Å². The van der Waals surface area contributed by atoms with E-state index in [1.54, 1.807) is 37.4 Å². The number of aryl methyl sites for hydroxylation is 1. The summed E-state index contributed by atoms with van der Waals surface area (Å²) in [5.74, 6) is 5.94. The van der Waals surface area contributed by atoms with Crippen molar-refractivity contribution in [1.82, 2.24) is 39.4 Å². The van der Waals surface area contributed by atoms with Crippen molar-refractivity contribution >= 4 is 44.4 Å². The van der Waals surface area contributed by atoms with E-state index in [-0.39, 0.29) is 55.1 Å². The van der Waals surface area contributed by atoms with Crippen LogP contribution in [0.3, 0.4) is 0 Å². The number of imidazole rings is 1. The molecule has 56 heavy (non-hydrogen) atoms. The second-order valence-corrected chi connectivity index (χ2v) is 15.6. The molecule has 6 heterocycles. The Morgan fingerprint density at radius 1 is 1.00 bits per heavy atom. The normalized spacial score (nSPS) is 16.7. The van der Waals surface area contributed by atoms with Crippen LogP contribution < -0.4 is 10.0 Å². The lowest BCUT2D eigenvalue weighted by Crippen LogP contribution is -2.52. The van der Waals surface area contributed by atoms with E-state index >= 15 is 0 Å². The monoisotopic (exact) mass is 770 g/mol. The summed E-state index contributed by atoms with van der Waals surface area (Å²) in [6, 6.07) is 15.5. The predicted molar refractivity (Wildman–Crippen MR) is 206 cm³/mol. The number of carbonyl (C=O) groups is 4. The number of hydrogen-bond donors (Lipinski definition) is 2. The van der Waals surface area contributed by atoms with Gasteiger partial charge >= 0.3 is 0 Å². The van der Waals surface area contributed by atoms with Crippen LogP contribution in [-0.4, -0.2) is 80.5 Å². The Morgan fingerprint density at radius 3 is 2.59 bits per heavy atom. The number of rotatable bonds is 8. The SMILES string of the molecule is CCc1nc(-c2cccc3cc(-c4ccc(S(=O)(=O)NCCC#Cc5cccc6c5CN(C5CCC(=O)NC5=O)C6=O)nc4)ncc23)c2n1CCN(C(C)=O)C2. The lowest BCUT2D eigenvalue weighted by molar-refractivity contribution is -0.137. The molecule has 284 valence electrons. The van der Waals surface area contributed by atoms with Gasteiger partial charge in [0.2, 0.25) is 17.7 Å². The van der Waals surface area contributed by atoms with E-state index in [0.717, 1.165) is 40.0 Å². The summed E-state index contributed by atoms with van der Waals surface area (Å²) in [6.45, 7) is 5.76. The third kappa shape index (κ3) is 6.82. The first-order valence-electron chi connectivity index (χ1n) is 18.5. The number of pyridine rings is 2. The fourth-order valence-electron chi connectivity index (χ4n) is 7.61. The molecule has 0 bridgehead atoms. The zero-order valence-electron chi connectivity index (χ0n) is 30.8. The maximum atomic E-state index is 13.1. The first kappa shape index (κ1) is 36.7. The molecule has 3 aliphatic heterocycles. The highest BCUT2D eigenvalue weighted by Gasteiger charge is 2.39. The maximum absolute atomic E-state index is 13.1. The maximum Gasteiger partial charge on any atom is 0.258 e. The van der Waals surface area contributed by atoms with E-state index in [1.165, 1.54) is 17.2 Å². The number of fused-ring (bicyclic) bond motifs is 3. The highest BCUT2D eigenvalue weighted by Crippen LogP contribution is 2.35. The quantitative estimate of drug-likeness (QED) is 0.136. The van der Waals surface area contributed by atoms with Gasteiger partial charge < -0.3 is 14.4 Å². The average Bonchev–Trinajstić information content (AvgIpc) is 3.74. The molecule has 2 N–H and O–H groups in total. The van der Waals surface area contributed by atoms with E-state index in [2.05, 4.69) is 38.4 Å². The Kier molecular flexibility index (Phi) is 9.69. The number of benzene rings is 2. The number of carbonyl (C=O) groups excluding carboxylic acids is 4. The van der Waals surface area contributed by atoms with Gasteiger partial charge in [0.05, 0.1) is 23.6 Å². The summed E-state index contributed by atoms with van der Waals surface area (Å²) in [5, 5.41) is 4.01. The zero-order valence-corrected chi connectivity index (χ0v) is 31.6. The molecular formula is C41H38N8O6S. The number of piperidine rings is 1. The lowest BCUT2D eigenvalue weighted by atomic mass is 10.0. The number of nitrogens with one attached hydrogen (secondary N) is 2. The molecule has 14 nitrogen and oxygen atoms in total. The molecule has 1 unspecified atom stereocenters. The Morgan fingerprint density at radius 2 is 1.82 bits per heavy atom. The molecule has 2 aromatic carbocycles. The van der Waals surface area contributed by atoms with Crippen LogP contribution in [0, 0.1) is 11.8 Å². The standard InChI is InChI=1S/C41H38N8O6S/c1-3-36-45-39(35-24-47(25(2)50)18-19-48(35)36)29-11-7-10-27-20-33(42-22-31(27)29)28-13-16-38(43-21-28)56(54,55)44-17-5-4-8-26-9-6-12-30-32(26)23-49(41(30)53)34-14-15-37(51)46-40(34)52/h6-7,9-13,16,20-22,34,44H,3,5,14-15,17-19,23-24H2,1-2H3,(H,46,51,52). The largest absolute Gasteiger partial charge is 0.335 e. The smallest absolute Gasteiger partial charge is 0.258 e. The minimum absolute atomic E-state index is 0.0362. The van der Waals surface area contributed by atoms with Gasteiger partial charge in [-0.15, -0.1) is 0 Å². The minimum Gasteiger partial charge on any atom is -0.335 e. The van der Waals surface area contributed by atoms with Crippen LogP contribution in [0.25, 0.3) is 33.3 Å². The van der Waals surface area contributed by atoms with Crippen molar-refractivity contribution in [2.24, 2.45) is 0 Å². The molecular weight excluding hydrogens is 733 g/mol. The third-order valence-electron chi connectivity index (χ3n) is 10.5. The number of aromatic nitrogens is 4. The van der Waals surface area contributed by atoms with Crippen LogP contribution in [0.15, 0.2) is 72.0 Å². The first-order chi connectivity index (χ1) is 27.0. The first-order valence-corrected chi connectivity index (χ1v) is 19.9. The summed E-state index contributed by atoms with van der Waals surface area (Å²) in [5.41, 5.74) is 5.86. The van der Waals surface area contributed by atoms with Gasteiger partial charge in [0, 0.05) is 92.4 Å². The molecule has 3 aliphatic rings. The number of nitrogens with zero attached hydrogens (tertiary/aromatic N) is 6. The highest BCUT2D eigenvalue weighted by atomic mass is 32.2. The van der Waals surface area contributed by atoms with Crippen LogP contribution in [0.4, 0.5) is 0 Å². The van der Waals surface area contributed by atoms with Gasteiger partial charge in [0.1, 0.15) is 11.9 Å². The van der Waals surface area contributed by atoms with Gasteiger partial charge in [-0.3, -0.25) is 29.5 Å². The van der Waals surface area contributed by atoms with Gasteiger partial charge in [-0.25, -0.2) is 23.1 Å². The van der Waals surface area contributed by atoms with E-state index in [9.17, 15) is 27.6 Å². The van der Waals surface area contributed by atoms with Crippen molar-refractivity contribution in [1.29, 1.82) is 0 Å². The fourth-order valence-corrected chi connectivity index (χ4v) is 8.56. The molecule has 1 atom stereocenters. The molecule has 0 spiro atoms. The molecule has 0 radical (unpaired) electrons. The van der Waals surface area contributed by atoms with Crippen LogP contribution in [0.2, 0.25) is 0 Å². The van der Waals surface area contributed by atoms with Crippen molar-refractivity contribution < 1.29 is 27.6 Å². The lowest BCUT2D eigenvalue weighted by Gasteiger charge is -2.29. The van der Waals surface area contributed by atoms with E-state index in [0.29, 0.717) is 47.6 Å². The van der Waals surface area contributed by atoms with Crippen molar-refractivity contribution in [2.75, 3.05) is 13.1 Å². The van der Waals surface area contributed by atoms with Gasteiger partial charge in [0.15, 0.2) is 5.03 Å². The predicted octanol–water partition coefficient (Wildman–Crippen LogP) is 3.57. The van der Waals surface area contributed by atoms with Gasteiger partial charge in [-0.2, -0.15) is 0 Å². The highest BCUT2D eigenvalue weighted by molar-refractivity contribution is 7.89. The van der Waals surface area contributed by atoms with Gasteiger partial charge in [0.25, 0.3) is 15.9 Å². The van der Waals surface area contributed by atoms with E-state index < -0.39 is 22.0 Å². The summed E-state index contributed by atoms with van der Waals surface area (Å²) >= 11 is 0. The van der Waals surface area contributed by atoms with E-state index in [1.807, 2.05) is 29.2 Å². The number of sulfonamides is 1. The number of hydrogen-bond acceptors (Lipinski definition) is 9. The summed E-state index contributed by atoms with van der Waals surface area (Å²) in [6.07, 6.45) is 4.69. The van der Waals surface area contributed by atoms with Crippen LogP contribution >= 0.6 is 0 Å². The molecule has 0 aliphatic carbocycles. The Bertz CT molecular complexity index is 2630. The second kappa shape index (κ2) is 14.8. The summed E-state index contributed by atoms with van der Waals surface area (Å²) in [4.78, 5) is 66.6. The van der Waals surface area contributed by atoms with Crippen LogP contribution in [0.1, 0.15) is 66.1 Å². The zero-order chi connectivity index (χ0) is 39.1. The Labute approximate surface area is 323 Å².